The molecule has 0 unspecified atom stereocenters. The van der Waals surface area contributed by atoms with Gasteiger partial charge in [-0.15, -0.1) is 0 Å². The Morgan fingerprint density at radius 3 is 1.41 bits per heavy atom. The van der Waals surface area contributed by atoms with Crippen LogP contribution >= 0.6 is 0 Å². The Morgan fingerprint density at radius 2 is 0.957 bits per heavy atom. The first-order valence-corrected chi connectivity index (χ1v) is 15.8. The van der Waals surface area contributed by atoms with Crippen LogP contribution in [0.5, 0.6) is 11.5 Å². The largest absolute Gasteiger partial charge is 0.489 e. The zero-order valence-electron chi connectivity index (χ0n) is 26.1. The van der Waals surface area contributed by atoms with Crippen molar-refractivity contribution < 1.29 is 28.4 Å². The number of hydrogen-bond donors (Lipinski definition) is 0. The van der Waals surface area contributed by atoms with Gasteiger partial charge in [-0.25, -0.2) is 0 Å². The third-order valence-corrected chi connectivity index (χ3v) is 7.81. The van der Waals surface area contributed by atoms with Gasteiger partial charge in [-0.2, -0.15) is 0 Å². The lowest BCUT2D eigenvalue weighted by molar-refractivity contribution is -0.200. The number of hydrogen-bond acceptors (Lipinski definition) is 6. The van der Waals surface area contributed by atoms with Crippen LogP contribution in [0.3, 0.4) is 0 Å². The predicted octanol–water partition coefficient (Wildman–Crippen LogP) is 8.41. The fourth-order valence-corrected chi connectivity index (χ4v) is 5.42. The average Bonchev–Trinajstić information content (AvgIpc) is 3.50. The summed E-state index contributed by atoms with van der Waals surface area (Å²) in [7, 11) is 0. The van der Waals surface area contributed by atoms with Crippen molar-refractivity contribution in [2.75, 3.05) is 0 Å². The molecule has 1 heterocycles. The van der Waals surface area contributed by atoms with Crippen LogP contribution in [0.1, 0.15) is 40.3 Å². The van der Waals surface area contributed by atoms with E-state index in [1.165, 1.54) is 0 Å². The maximum absolute atomic E-state index is 6.42. The van der Waals surface area contributed by atoms with Crippen LogP contribution in [0.15, 0.2) is 133 Å². The minimum Gasteiger partial charge on any atom is -0.489 e. The van der Waals surface area contributed by atoms with Crippen LogP contribution in [0.4, 0.5) is 0 Å². The molecule has 0 N–H and O–H groups in total. The Balaban J connectivity index is 1.21. The molecule has 0 aliphatic carbocycles. The lowest BCUT2D eigenvalue weighted by Crippen LogP contribution is -2.28. The van der Waals surface area contributed by atoms with Crippen molar-refractivity contribution in [3.05, 3.63) is 167 Å². The number of rotatable bonds is 15. The van der Waals surface area contributed by atoms with E-state index >= 15 is 0 Å². The highest BCUT2D eigenvalue weighted by Gasteiger charge is 2.38. The van der Waals surface area contributed by atoms with Gasteiger partial charge in [0.1, 0.15) is 24.7 Å². The molecule has 0 spiro atoms. The molecule has 0 amide bonds. The summed E-state index contributed by atoms with van der Waals surface area (Å²) in [6, 6.07) is 44.4. The molecule has 0 bridgehead atoms. The van der Waals surface area contributed by atoms with Gasteiger partial charge < -0.3 is 28.4 Å². The van der Waals surface area contributed by atoms with E-state index in [2.05, 4.69) is 37.3 Å². The third kappa shape index (κ3) is 8.83. The third-order valence-electron chi connectivity index (χ3n) is 7.81. The van der Waals surface area contributed by atoms with Gasteiger partial charge >= 0.3 is 0 Å². The maximum atomic E-state index is 6.42. The number of ether oxygens (including phenoxy) is 6. The van der Waals surface area contributed by atoms with E-state index in [1.807, 2.05) is 103 Å². The molecule has 0 saturated carbocycles. The molecule has 6 nitrogen and oxygen atoms in total. The molecule has 1 aliphatic rings. The number of benzene rings is 5. The van der Waals surface area contributed by atoms with E-state index in [0.717, 1.165) is 51.3 Å². The summed E-state index contributed by atoms with van der Waals surface area (Å²) in [5.74, 6) is 1.52. The molecule has 5 aromatic carbocycles. The maximum Gasteiger partial charge on any atom is 0.212 e. The minimum atomic E-state index is -0.690. The monoisotopic (exact) mass is 616 g/mol. The van der Waals surface area contributed by atoms with Gasteiger partial charge in [0.05, 0.1) is 13.2 Å². The Labute approximate surface area is 271 Å². The molecular weight excluding hydrogens is 576 g/mol. The summed E-state index contributed by atoms with van der Waals surface area (Å²) >= 11 is 0. The van der Waals surface area contributed by atoms with E-state index in [-0.39, 0.29) is 0 Å². The van der Waals surface area contributed by atoms with E-state index in [4.69, 9.17) is 28.4 Å². The zero-order valence-corrected chi connectivity index (χ0v) is 26.1. The Morgan fingerprint density at radius 1 is 0.522 bits per heavy atom. The molecule has 5 aromatic rings. The Hall–Kier alpha value is -4.46. The lowest BCUT2D eigenvalue weighted by atomic mass is 10.00. The molecular formula is C40H40O6. The van der Waals surface area contributed by atoms with Crippen LogP contribution in [0, 0.1) is 0 Å². The molecule has 0 aromatic heterocycles. The Bertz CT molecular complexity index is 1560. The summed E-state index contributed by atoms with van der Waals surface area (Å²) in [5.41, 5.74) is 6.41. The van der Waals surface area contributed by atoms with Crippen LogP contribution < -0.4 is 9.47 Å². The second-order valence-corrected chi connectivity index (χ2v) is 11.2. The fraction of sp³-hybridized carbons (Fsp3) is 0.250. The summed E-state index contributed by atoms with van der Waals surface area (Å²) in [5, 5.41) is 0. The van der Waals surface area contributed by atoms with Crippen molar-refractivity contribution in [3.8, 4) is 11.5 Å². The predicted molar refractivity (Wildman–Crippen MR) is 177 cm³/mol. The first-order chi connectivity index (χ1) is 22.7. The molecule has 0 radical (unpaired) electrons. The van der Waals surface area contributed by atoms with Crippen LogP contribution in [0.25, 0.3) is 0 Å². The summed E-state index contributed by atoms with van der Waals surface area (Å²) in [4.78, 5) is 0. The molecule has 236 valence electrons. The normalized spacial score (nSPS) is 16.4. The second-order valence-electron chi connectivity index (χ2n) is 11.2. The van der Waals surface area contributed by atoms with E-state index < -0.39 is 18.9 Å². The first-order valence-electron chi connectivity index (χ1n) is 15.8. The van der Waals surface area contributed by atoms with E-state index in [9.17, 15) is 0 Å². The first kappa shape index (κ1) is 31.5. The highest BCUT2D eigenvalue weighted by atomic mass is 16.9. The van der Waals surface area contributed by atoms with E-state index in [0.29, 0.717) is 32.8 Å². The molecule has 1 saturated heterocycles. The molecule has 1 fully saturated rings. The minimum absolute atomic E-state index is 0.382. The van der Waals surface area contributed by atoms with Gasteiger partial charge in [-0.1, -0.05) is 128 Å². The molecule has 6 heteroatoms. The van der Waals surface area contributed by atoms with Gasteiger partial charge in [0.15, 0.2) is 6.29 Å². The zero-order chi connectivity index (χ0) is 31.4. The van der Waals surface area contributed by atoms with Crippen molar-refractivity contribution in [1.82, 2.24) is 0 Å². The molecule has 2 atom stereocenters. The van der Waals surface area contributed by atoms with Crippen molar-refractivity contribution in [2.24, 2.45) is 0 Å². The van der Waals surface area contributed by atoms with Crippen molar-refractivity contribution >= 4 is 0 Å². The van der Waals surface area contributed by atoms with Gasteiger partial charge in [-0.05, 0) is 45.9 Å². The standard InChI is InChI=1S/C40H40O6/c1-2-36-34(23-35(41-26-30-15-7-3-8-16-30)25-37(36)42-27-31-17-9-4-10-18-31)24-38-45-39(43-28-32-19-11-5-12-20-32)40(46-38)44-29-33-21-13-6-14-22-33/h3-23,25,38-40H,2,24,26-29H2,1H3/t39-,40-/m1/s1. The van der Waals surface area contributed by atoms with Gasteiger partial charge in [0, 0.05) is 12.5 Å². The highest BCUT2D eigenvalue weighted by Crippen LogP contribution is 2.34. The summed E-state index contributed by atoms with van der Waals surface area (Å²) < 4.78 is 37.9. The van der Waals surface area contributed by atoms with Gasteiger partial charge in [0.2, 0.25) is 12.6 Å². The van der Waals surface area contributed by atoms with E-state index in [1.54, 1.807) is 0 Å². The van der Waals surface area contributed by atoms with Crippen molar-refractivity contribution in [1.29, 1.82) is 0 Å². The lowest BCUT2D eigenvalue weighted by Gasteiger charge is -2.19. The summed E-state index contributed by atoms with van der Waals surface area (Å²) in [6.45, 7) is 3.80. The van der Waals surface area contributed by atoms with Crippen LogP contribution in [-0.2, 0) is 58.2 Å². The molecule has 46 heavy (non-hydrogen) atoms. The molecule has 1 aliphatic heterocycles. The van der Waals surface area contributed by atoms with Crippen LogP contribution in [-0.4, -0.2) is 18.9 Å². The SMILES string of the molecule is CCc1c(CC2O[C@@H](OCc3ccccc3)[C@H](OCc3ccccc3)O2)cc(OCc2ccccc2)cc1OCc1ccccc1. The Kier molecular flexibility index (Phi) is 11.1. The fourth-order valence-electron chi connectivity index (χ4n) is 5.42. The second kappa shape index (κ2) is 16.2. The smallest absolute Gasteiger partial charge is 0.212 e. The topological polar surface area (TPSA) is 55.4 Å². The van der Waals surface area contributed by atoms with Crippen molar-refractivity contribution in [3.63, 3.8) is 0 Å². The van der Waals surface area contributed by atoms with Crippen LogP contribution in [0.2, 0.25) is 0 Å². The van der Waals surface area contributed by atoms with Gasteiger partial charge in [-0.3, -0.25) is 0 Å². The summed E-state index contributed by atoms with van der Waals surface area (Å²) in [6.07, 6.45) is -0.717. The van der Waals surface area contributed by atoms with Gasteiger partial charge in [0.25, 0.3) is 0 Å². The quantitative estimate of drug-likeness (QED) is 0.118. The van der Waals surface area contributed by atoms with Crippen molar-refractivity contribution in [2.45, 2.75) is 65.1 Å². The highest BCUT2D eigenvalue weighted by molar-refractivity contribution is 5.47. The average molecular weight is 617 g/mol. The molecule has 6 rings (SSSR count).